The van der Waals surface area contributed by atoms with Crippen LogP contribution in [-0.4, -0.2) is 21.2 Å². The van der Waals surface area contributed by atoms with E-state index < -0.39 is 0 Å². The summed E-state index contributed by atoms with van der Waals surface area (Å²) >= 11 is 0. The molecule has 0 unspecified atom stereocenters. The topological polar surface area (TPSA) is 55.2 Å². The van der Waals surface area contributed by atoms with Crippen molar-refractivity contribution in [3.05, 3.63) is 84.9 Å². The van der Waals surface area contributed by atoms with E-state index in [1.807, 2.05) is 18.2 Å². The molecule has 1 N–H and O–H groups in total. The number of para-hydroxylation sites is 1. The van der Waals surface area contributed by atoms with E-state index in [0.29, 0.717) is 17.3 Å². The van der Waals surface area contributed by atoms with Crippen molar-refractivity contribution in [1.82, 2.24) is 9.97 Å². The molecular formula is C29H24N2O2. The van der Waals surface area contributed by atoms with Crippen molar-refractivity contribution in [1.29, 1.82) is 0 Å². The number of hydrogen-bond acceptors (Lipinski definition) is 4. The van der Waals surface area contributed by atoms with Crippen LogP contribution in [-0.2, 0) is 0 Å². The van der Waals surface area contributed by atoms with Gasteiger partial charge in [-0.05, 0) is 77.6 Å². The number of aromatic nitrogens is 2. The third kappa shape index (κ3) is 3.89. The first kappa shape index (κ1) is 19.7. The molecule has 1 fully saturated rings. The molecule has 1 aliphatic carbocycles. The summed E-state index contributed by atoms with van der Waals surface area (Å²) in [6.45, 7) is 0. The number of aromatic hydroxyl groups is 1. The SMILES string of the molecule is Oc1ccccc1-c1nc(OC2CCCC2)cc(-c2ccc3cc4ccccc4cc3c2)n1. The smallest absolute Gasteiger partial charge is 0.217 e. The molecule has 0 saturated heterocycles. The van der Waals surface area contributed by atoms with E-state index in [1.165, 1.54) is 29.0 Å². The van der Waals surface area contributed by atoms with Crippen LogP contribution in [0, 0.1) is 0 Å². The van der Waals surface area contributed by atoms with Crippen molar-refractivity contribution in [2.24, 2.45) is 0 Å². The first-order valence-electron chi connectivity index (χ1n) is 11.5. The van der Waals surface area contributed by atoms with Crippen LogP contribution in [0.15, 0.2) is 84.9 Å². The summed E-state index contributed by atoms with van der Waals surface area (Å²) < 4.78 is 6.25. The summed E-state index contributed by atoms with van der Waals surface area (Å²) in [5.74, 6) is 1.19. The van der Waals surface area contributed by atoms with E-state index >= 15 is 0 Å². The summed E-state index contributed by atoms with van der Waals surface area (Å²) in [6.07, 6.45) is 4.66. The second kappa shape index (κ2) is 8.21. The Balaban J connectivity index is 1.48. The van der Waals surface area contributed by atoms with Crippen LogP contribution in [0.2, 0.25) is 0 Å². The van der Waals surface area contributed by atoms with Gasteiger partial charge in [-0.25, -0.2) is 4.98 Å². The summed E-state index contributed by atoms with van der Waals surface area (Å²) in [4.78, 5) is 9.49. The Labute approximate surface area is 192 Å². The van der Waals surface area contributed by atoms with Gasteiger partial charge >= 0.3 is 0 Å². The minimum Gasteiger partial charge on any atom is -0.507 e. The maximum Gasteiger partial charge on any atom is 0.217 e. The normalized spacial score (nSPS) is 14.2. The minimum atomic E-state index is 0.159. The second-order valence-electron chi connectivity index (χ2n) is 8.72. The number of phenolic OH excluding ortho intramolecular Hbond substituents is 1. The predicted octanol–water partition coefficient (Wildman–Crippen LogP) is 7.14. The van der Waals surface area contributed by atoms with E-state index in [-0.39, 0.29) is 11.9 Å². The van der Waals surface area contributed by atoms with Crippen molar-refractivity contribution >= 4 is 21.5 Å². The van der Waals surface area contributed by atoms with Gasteiger partial charge in [-0.3, -0.25) is 0 Å². The predicted molar refractivity (Wildman–Crippen MR) is 132 cm³/mol. The fourth-order valence-electron chi connectivity index (χ4n) is 4.69. The van der Waals surface area contributed by atoms with Crippen molar-refractivity contribution in [3.8, 4) is 34.3 Å². The number of ether oxygens (including phenoxy) is 1. The number of rotatable bonds is 4. The summed E-state index contributed by atoms with van der Waals surface area (Å²) in [5.41, 5.74) is 2.38. The van der Waals surface area contributed by atoms with Gasteiger partial charge in [-0.2, -0.15) is 4.98 Å². The molecule has 4 nitrogen and oxygen atoms in total. The zero-order valence-electron chi connectivity index (χ0n) is 18.2. The highest BCUT2D eigenvalue weighted by Crippen LogP contribution is 2.33. The lowest BCUT2D eigenvalue weighted by Crippen LogP contribution is -2.12. The molecule has 0 radical (unpaired) electrons. The van der Waals surface area contributed by atoms with E-state index in [9.17, 15) is 5.11 Å². The molecule has 162 valence electrons. The second-order valence-corrected chi connectivity index (χ2v) is 8.72. The fourth-order valence-corrected chi connectivity index (χ4v) is 4.69. The average molecular weight is 433 g/mol. The Kier molecular flexibility index (Phi) is 4.91. The van der Waals surface area contributed by atoms with E-state index in [1.54, 1.807) is 12.1 Å². The summed E-state index contributed by atoms with van der Waals surface area (Å²) in [5, 5.41) is 15.2. The highest BCUT2D eigenvalue weighted by atomic mass is 16.5. The molecular weight excluding hydrogens is 408 g/mol. The molecule has 1 aliphatic rings. The Hall–Kier alpha value is -3.92. The Morgan fingerprint density at radius 2 is 1.39 bits per heavy atom. The minimum absolute atomic E-state index is 0.159. The maximum atomic E-state index is 10.4. The number of benzene rings is 4. The average Bonchev–Trinajstić information content (AvgIpc) is 3.35. The van der Waals surface area contributed by atoms with Gasteiger partial charge in [-0.1, -0.05) is 48.5 Å². The molecule has 33 heavy (non-hydrogen) atoms. The molecule has 1 heterocycles. The highest BCUT2D eigenvalue weighted by Gasteiger charge is 2.19. The Morgan fingerprint density at radius 3 is 2.18 bits per heavy atom. The molecule has 4 aromatic carbocycles. The molecule has 0 aliphatic heterocycles. The van der Waals surface area contributed by atoms with Gasteiger partial charge in [0.25, 0.3) is 0 Å². The monoisotopic (exact) mass is 432 g/mol. The molecule has 6 rings (SSSR count). The number of hydrogen-bond donors (Lipinski definition) is 1. The van der Waals surface area contributed by atoms with Crippen LogP contribution in [0.1, 0.15) is 25.7 Å². The lowest BCUT2D eigenvalue weighted by molar-refractivity contribution is 0.201. The molecule has 0 atom stereocenters. The zero-order chi connectivity index (χ0) is 22.2. The molecule has 0 spiro atoms. The van der Waals surface area contributed by atoms with Crippen LogP contribution >= 0.6 is 0 Å². The first-order valence-corrected chi connectivity index (χ1v) is 11.5. The summed E-state index contributed by atoms with van der Waals surface area (Å²) in [6, 6.07) is 28.3. The van der Waals surface area contributed by atoms with Crippen LogP contribution in [0.3, 0.4) is 0 Å². The number of nitrogens with zero attached hydrogens (tertiary/aromatic N) is 2. The van der Waals surface area contributed by atoms with Gasteiger partial charge in [-0.15, -0.1) is 0 Å². The van der Waals surface area contributed by atoms with E-state index in [0.717, 1.165) is 29.5 Å². The van der Waals surface area contributed by atoms with Gasteiger partial charge in [0, 0.05) is 11.6 Å². The quantitative estimate of drug-likeness (QED) is 0.307. The van der Waals surface area contributed by atoms with E-state index in [2.05, 4.69) is 59.6 Å². The largest absolute Gasteiger partial charge is 0.507 e. The van der Waals surface area contributed by atoms with Crippen molar-refractivity contribution in [2.75, 3.05) is 0 Å². The zero-order valence-corrected chi connectivity index (χ0v) is 18.2. The number of fused-ring (bicyclic) bond motifs is 2. The van der Waals surface area contributed by atoms with Crippen LogP contribution in [0.4, 0.5) is 0 Å². The van der Waals surface area contributed by atoms with Crippen LogP contribution < -0.4 is 4.74 Å². The Bertz CT molecular complexity index is 1470. The van der Waals surface area contributed by atoms with Gasteiger partial charge in [0.1, 0.15) is 11.9 Å². The van der Waals surface area contributed by atoms with Crippen LogP contribution in [0.5, 0.6) is 11.6 Å². The lowest BCUT2D eigenvalue weighted by Gasteiger charge is -2.15. The van der Waals surface area contributed by atoms with Crippen LogP contribution in [0.25, 0.3) is 44.2 Å². The van der Waals surface area contributed by atoms with Gasteiger partial charge in [0.2, 0.25) is 5.88 Å². The van der Waals surface area contributed by atoms with Crippen molar-refractivity contribution in [3.63, 3.8) is 0 Å². The Morgan fingerprint density at radius 1 is 0.697 bits per heavy atom. The maximum absolute atomic E-state index is 10.4. The molecule has 5 aromatic rings. The third-order valence-electron chi connectivity index (χ3n) is 6.44. The standard InChI is InChI=1S/C29H24N2O2/c32-27-12-6-5-11-25(27)29-30-26(18-28(31-29)33-24-9-3-4-10-24)22-14-13-21-15-19-7-1-2-8-20(19)16-23(21)17-22/h1-2,5-8,11-18,24,32H,3-4,9-10H2. The van der Waals surface area contributed by atoms with Gasteiger partial charge in [0.15, 0.2) is 5.82 Å². The molecule has 0 amide bonds. The lowest BCUT2D eigenvalue weighted by atomic mass is 10.0. The number of phenols is 1. The fraction of sp³-hybridized carbons (Fsp3) is 0.172. The van der Waals surface area contributed by atoms with Gasteiger partial charge in [0.05, 0.1) is 11.3 Å². The highest BCUT2D eigenvalue weighted by molar-refractivity contribution is 5.99. The first-order chi connectivity index (χ1) is 16.2. The molecule has 4 heteroatoms. The summed E-state index contributed by atoms with van der Waals surface area (Å²) in [7, 11) is 0. The van der Waals surface area contributed by atoms with Crippen molar-refractivity contribution < 1.29 is 9.84 Å². The molecule has 1 aromatic heterocycles. The third-order valence-corrected chi connectivity index (χ3v) is 6.44. The van der Waals surface area contributed by atoms with Gasteiger partial charge < -0.3 is 9.84 Å². The van der Waals surface area contributed by atoms with E-state index in [4.69, 9.17) is 9.72 Å². The van der Waals surface area contributed by atoms with Crippen molar-refractivity contribution in [2.45, 2.75) is 31.8 Å². The molecule has 0 bridgehead atoms. The molecule has 1 saturated carbocycles.